The molecule has 5 nitrogen and oxygen atoms in total. The van der Waals surface area contributed by atoms with E-state index in [1.54, 1.807) is 0 Å². The van der Waals surface area contributed by atoms with Gasteiger partial charge in [0.2, 0.25) is 5.13 Å². The Morgan fingerprint density at radius 2 is 2.19 bits per heavy atom. The number of anilines is 2. The van der Waals surface area contributed by atoms with Gasteiger partial charge in [0.05, 0.1) is 0 Å². The molecule has 0 amide bonds. The summed E-state index contributed by atoms with van der Waals surface area (Å²) < 4.78 is 0. The third-order valence-corrected chi connectivity index (χ3v) is 2.72. The van der Waals surface area contributed by atoms with Crippen molar-refractivity contribution in [2.45, 2.75) is 0 Å². The number of benzene rings is 1. The highest BCUT2D eigenvalue weighted by atomic mass is 32.1. The second kappa shape index (κ2) is 4.42. The lowest BCUT2D eigenvalue weighted by molar-refractivity contribution is 1.10. The molecule has 0 aliphatic carbocycles. The maximum absolute atomic E-state index is 5.52. The van der Waals surface area contributed by atoms with Gasteiger partial charge in [0.1, 0.15) is 5.01 Å². The Bertz CT molecular complexity index is 522. The van der Waals surface area contributed by atoms with Crippen LogP contribution in [0.1, 0.15) is 0 Å². The SMILES string of the molecule is NC(=S)Nc1cccc(-c2nnc(N)s2)c1. The number of nitrogen functional groups attached to an aromatic ring is 1. The quantitative estimate of drug-likeness (QED) is 0.700. The lowest BCUT2D eigenvalue weighted by Crippen LogP contribution is -2.18. The van der Waals surface area contributed by atoms with Crippen LogP contribution in [-0.2, 0) is 0 Å². The summed E-state index contributed by atoms with van der Waals surface area (Å²) in [6.07, 6.45) is 0. The summed E-state index contributed by atoms with van der Waals surface area (Å²) in [6, 6.07) is 7.56. The summed E-state index contributed by atoms with van der Waals surface area (Å²) in [6.45, 7) is 0. The first kappa shape index (κ1) is 10.8. The highest BCUT2D eigenvalue weighted by Gasteiger charge is 2.05. The molecular formula is C9H9N5S2. The van der Waals surface area contributed by atoms with Crippen LogP contribution in [0.15, 0.2) is 24.3 Å². The van der Waals surface area contributed by atoms with Gasteiger partial charge in [-0.2, -0.15) is 0 Å². The summed E-state index contributed by atoms with van der Waals surface area (Å²) in [5, 5.41) is 12.0. The zero-order chi connectivity index (χ0) is 11.5. The van der Waals surface area contributed by atoms with Crippen LogP contribution in [0, 0.1) is 0 Å². The van der Waals surface area contributed by atoms with Gasteiger partial charge in [-0.1, -0.05) is 23.5 Å². The van der Waals surface area contributed by atoms with Gasteiger partial charge in [0, 0.05) is 11.3 Å². The first-order valence-corrected chi connectivity index (χ1v) is 5.63. The van der Waals surface area contributed by atoms with Crippen LogP contribution in [0.4, 0.5) is 10.8 Å². The topological polar surface area (TPSA) is 89.8 Å². The van der Waals surface area contributed by atoms with Crippen molar-refractivity contribution in [1.29, 1.82) is 0 Å². The van der Waals surface area contributed by atoms with Crippen LogP contribution in [0.25, 0.3) is 10.6 Å². The second-order valence-electron chi connectivity index (χ2n) is 3.02. The number of nitrogens with two attached hydrogens (primary N) is 2. The zero-order valence-electron chi connectivity index (χ0n) is 8.18. The first-order chi connectivity index (χ1) is 7.65. The molecule has 2 rings (SSSR count). The Kier molecular flexibility index (Phi) is 2.97. The van der Waals surface area contributed by atoms with Crippen molar-refractivity contribution >= 4 is 39.5 Å². The van der Waals surface area contributed by atoms with Crippen molar-refractivity contribution in [3.8, 4) is 10.6 Å². The first-order valence-electron chi connectivity index (χ1n) is 4.41. The van der Waals surface area contributed by atoms with Gasteiger partial charge in [-0.25, -0.2) is 0 Å². The standard InChI is InChI=1S/C9H9N5S2/c10-8(15)12-6-3-1-2-5(4-6)7-13-14-9(11)16-7/h1-4H,(H2,11,14)(H3,10,12,15). The average Bonchev–Trinajstić information content (AvgIpc) is 2.64. The monoisotopic (exact) mass is 251 g/mol. The van der Waals surface area contributed by atoms with E-state index in [0.717, 1.165) is 16.3 Å². The fourth-order valence-electron chi connectivity index (χ4n) is 1.22. The molecular weight excluding hydrogens is 242 g/mol. The Labute approximate surface area is 101 Å². The van der Waals surface area contributed by atoms with Gasteiger partial charge < -0.3 is 16.8 Å². The van der Waals surface area contributed by atoms with E-state index in [-0.39, 0.29) is 5.11 Å². The number of aromatic nitrogens is 2. The third-order valence-electron chi connectivity index (χ3n) is 1.82. The predicted octanol–water partition coefficient (Wildman–Crippen LogP) is 1.44. The van der Waals surface area contributed by atoms with Crippen LogP contribution in [0.3, 0.4) is 0 Å². The molecule has 0 bridgehead atoms. The number of nitrogens with one attached hydrogen (secondary N) is 1. The van der Waals surface area contributed by atoms with Gasteiger partial charge in [0.25, 0.3) is 0 Å². The summed E-state index contributed by atoms with van der Waals surface area (Å²) in [5.41, 5.74) is 12.7. The van der Waals surface area contributed by atoms with Gasteiger partial charge >= 0.3 is 0 Å². The van der Waals surface area contributed by atoms with Crippen LogP contribution in [0.2, 0.25) is 0 Å². The Balaban J connectivity index is 2.32. The number of rotatable bonds is 2. The fourth-order valence-corrected chi connectivity index (χ4v) is 1.95. The van der Waals surface area contributed by atoms with Gasteiger partial charge in [-0.15, -0.1) is 10.2 Å². The van der Waals surface area contributed by atoms with Crippen LogP contribution < -0.4 is 16.8 Å². The number of hydrogen-bond acceptors (Lipinski definition) is 5. The zero-order valence-corrected chi connectivity index (χ0v) is 9.81. The maximum Gasteiger partial charge on any atom is 0.203 e. The third kappa shape index (κ3) is 2.44. The summed E-state index contributed by atoms with van der Waals surface area (Å²) in [7, 11) is 0. The molecule has 0 saturated carbocycles. The molecule has 5 N–H and O–H groups in total. The predicted molar refractivity (Wildman–Crippen MR) is 70.2 cm³/mol. The molecule has 82 valence electrons. The average molecular weight is 251 g/mol. The lowest BCUT2D eigenvalue weighted by Gasteiger charge is -2.04. The maximum atomic E-state index is 5.52. The summed E-state index contributed by atoms with van der Waals surface area (Å²) in [4.78, 5) is 0. The fraction of sp³-hybridized carbons (Fsp3) is 0. The van der Waals surface area contributed by atoms with E-state index in [4.69, 9.17) is 23.7 Å². The van der Waals surface area contributed by atoms with E-state index in [1.165, 1.54) is 11.3 Å². The van der Waals surface area contributed by atoms with E-state index in [0.29, 0.717) is 5.13 Å². The van der Waals surface area contributed by atoms with Crippen molar-refractivity contribution in [3.05, 3.63) is 24.3 Å². The van der Waals surface area contributed by atoms with E-state index in [2.05, 4.69) is 15.5 Å². The molecule has 0 atom stereocenters. The Morgan fingerprint density at radius 3 is 2.81 bits per heavy atom. The van der Waals surface area contributed by atoms with E-state index < -0.39 is 0 Å². The molecule has 2 aromatic rings. The van der Waals surface area contributed by atoms with Gasteiger partial charge in [-0.05, 0) is 24.4 Å². The minimum Gasteiger partial charge on any atom is -0.376 e. The molecule has 0 fully saturated rings. The van der Waals surface area contributed by atoms with Gasteiger partial charge in [-0.3, -0.25) is 0 Å². The van der Waals surface area contributed by atoms with Crippen molar-refractivity contribution in [2.24, 2.45) is 5.73 Å². The van der Waals surface area contributed by atoms with Crippen molar-refractivity contribution in [2.75, 3.05) is 11.1 Å². The Hall–Kier alpha value is -1.73. The van der Waals surface area contributed by atoms with E-state index >= 15 is 0 Å². The highest BCUT2D eigenvalue weighted by molar-refractivity contribution is 7.80. The van der Waals surface area contributed by atoms with Crippen LogP contribution in [-0.4, -0.2) is 15.3 Å². The van der Waals surface area contributed by atoms with Crippen LogP contribution in [0.5, 0.6) is 0 Å². The van der Waals surface area contributed by atoms with Crippen molar-refractivity contribution in [1.82, 2.24) is 10.2 Å². The number of nitrogens with zero attached hydrogens (tertiary/aromatic N) is 2. The van der Waals surface area contributed by atoms with Crippen LogP contribution >= 0.6 is 23.6 Å². The molecule has 0 aliphatic rings. The molecule has 0 radical (unpaired) electrons. The van der Waals surface area contributed by atoms with Crippen molar-refractivity contribution < 1.29 is 0 Å². The van der Waals surface area contributed by atoms with E-state index in [1.807, 2.05) is 24.3 Å². The molecule has 1 aromatic heterocycles. The highest BCUT2D eigenvalue weighted by Crippen LogP contribution is 2.26. The second-order valence-corrected chi connectivity index (χ2v) is 4.46. The number of hydrogen-bond donors (Lipinski definition) is 3. The summed E-state index contributed by atoms with van der Waals surface area (Å²) in [5.74, 6) is 0. The number of thiocarbonyl (C=S) groups is 1. The molecule has 0 saturated heterocycles. The summed E-state index contributed by atoms with van der Waals surface area (Å²) >= 11 is 6.10. The molecule has 1 heterocycles. The molecule has 1 aromatic carbocycles. The minimum absolute atomic E-state index is 0.230. The Morgan fingerprint density at radius 1 is 1.38 bits per heavy atom. The molecule has 0 spiro atoms. The smallest absolute Gasteiger partial charge is 0.203 e. The van der Waals surface area contributed by atoms with Gasteiger partial charge in [0.15, 0.2) is 5.11 Å². The van der Waals surface area contributed by atoms with E-state index in [9.17, 15) is 0 Å². The molecule has 0 aliphatic heterocycles. The normalized spacial score (nSPS) is 10.0. The lowest BCUT2D eigenvalue weighted by atomic mass is 10.2. The van der Waals surface area contributed by atoms with Crippen molar-refractivity contribution in [3.63, 3.8) is 0 Å². The largest absolute Gasteiger partial charge is 0.376 e. The molecule has 16 heavy (non-hydrogen) atoms. The molecule has 0 unspecified atom stereocenters. The minimum atomic E-state index is 0.230. The molecule has 7 heteroatoms.